The minimum atomic E-state index is -4.79. The number of ether oxygens (including phenoxy) is 1. The third-order valence-electron chi connectivity index (χ3n) is 3.01. The Hall–Kier alpha value is -2.18. The van der Waals surface area contributed by atoms with E-state index in [2.05, 4.69) is 11.3 Å². The van der Waals surface area contributed by atoms with Gasteiger partial charge in [0.25, 0.3) is 0 Å². The summed E-state index contributed by atoms with van der Waals surface area (Å²) in [6.45, 7) is 3.96. The summed E-state index contributed by atoms with van der Waals surface area (Å²) in [7, 11) is 0. The molecular formula is C13H13F3N2O2. The van der Waals surface area contributed by atoms with Gasteiger partial charge in [-0.1, -0.05) is 6.08 Å². The van der Waals surface area contributed by atoms with Gasteiger partial charge in [-0.05, 0) is 12.1 Å². The van der Waals surface area contributed by atoms with Crippen molar-refractivity contribution < 1.29 is 22.7 Å². The molecule has 1 heterocycles. The quantitative estimate of drug-likeness (QED) is 0.686. The second-order valence-corrected chi connectivity index (χ2v) is 4.47. The van der Waals surface area contributed by atoms with Gasteiger partial charge >= 0.3 is 6.36 Å². The average molecular weight is 286 g/mol. The van der Waals surface area contributed by atoms with Crippen LogP contribution < -0.4 is 15.4 Å². The van der Waals surface area contributed by atoms with Gasteiger partial charge in [-0.25, -0.2) is 0 Å². The number of carbonyl (C=O) groups excluding carboxylic acids is 1. The van der Waals surface area contributed by atoms with E-state index in [1.54, 1.807) is 6.08 Å². The van der Waals surface area contributed by atoms with E-state index in [9.17, 15) is 18.0 Å². The molecule has 20 heavy (non-hydrogen) atoms. The average Bonchev–Trinajstić information content (AvgIpc) is 2.71. The topological polar surface area (TPSA) is 55.6 Å². The van der Waals surface area contributed by atoms with Gasteiger partial charge in [0.1, 0.15) is 5.75 Å². The van der Waals surface area contributed by atoms with Crippen LogP contribution in [-0.4, -0.2) is 18.8 Å². The largest absolute Gasteiger partial charge is 0.573 e. The molecule has 1 aliphatic rings. The van der Waals surface area contributed by atoms with Crippen molar-refractivity contribution in [1.82, 2.24) is 0 Å². The zero-order valence-electron chi connectivity index (χ0n) is 10.5. The Labute approximate surface area is 113 Å². The maximum atomic E-state index is 12.2. The van der Waals surface area contributed by atoms with Crippen molar-refractivity contribution in [1.29, 1.82) is 0 Å². The van der Waals surface area contributed by atoms with Crippen LogP contribution >= 0.6 is 0 Å². The Morgan fingerprint density at radius 3 is 2.70 bits per heavy atom. The van der Waals surface area contributed by atoms with E-state index >= 15 is 0 Å². The lowest BCUT2D eigenvalue weighted by Crippen LogP contribution is -2.25. The molecule has 0 saturated carbocycles. The molecule has 0 bridgehead atoms. The SMILES string of the molecule is C=CC1CC(=O)N(c2cc(OC(F)(F)F)ccc2N)C1. The first-order valence-corrected chi connectivity index (χ1v) is 5.88. The third kappa shape index (κ3) is 3.04. The summed E-state index contributed by atoms with van der Waals surface area (Å²) >= 11 is 0. The number of nitrogen functional groups attached to an aromatic ring is 1. The van der Waals surface area contributed by atoms with Crippen molar-refractivity contribution in [3.8, 4) is 5.75 Å². The van der Waals surface area contributed by atoms with Crippen molar-refractivity contribution in [2.75, 3.05) is 17.2 Å². The number of carbonyl (C=O) groups is 1. The Balaban J connectivity index is 2.29. The molecule has 0 aromatic heterocycles. The zero-order chi connectivity index (χ0) is 14.9. The molecule has 1 aromatic rings. The number of rotatable bonds is 3. The number of halogens is 3. The molecule has 1 aromatic carbocycles. The standard InChI is InChI=1S/C13H13F3N2O2/c1-2-8-5-12(19)18(7-8)11-6-9(3-4-10(11)17)20-13(14,15)16/h2-4,6,8H,1,5,7,17H2. The van der Waals surface area contributed by atoms with Gasteiger partial charge in [0, 0.05) is 24.9 Å². The molecule has 0 radical (unpaired) electrons. The normalized spacial score (nSPS) is 19.2. The van der Waals surface area contributed by atoms with E-state index in [-0.39, 0.29) is 29.6 Å². The molecular weight excluding hydrogens is 273 g/mol. The second-order valence-electron chi connectivity index (χ2n) is 4.47. The number of nitrogens with two attached hydrogens (primary N) is 1. The van der Waals surface area contributed by atoms with Gasteiger partial charge in [0.2, 0.25) is 5.91 Å². The number of anilines is 2. The second kappa shape index (κ2) is 5.07. The molecule has 4 nitrogen and oxygen atoms in total. The molecule has 1 aliphatic heterocycles. The molecule has 2 N–H and O–H groups in total. The lowest BCUT2D eigenvalue weighted by Gasteiger charge is -2.19. The van der Waals surface area contributed by atoms with E-state index < -0.39 is 12.1 Å². The molecule has 0 spiro atoms. The third-order valence-corrected chi connectivity index (χ3v) is 3.01. The van der Waals surface area contributed by atoms with Crippen molar-refractivity contribution in [3.05, 3.63) is 30.9 Å². The van der Waals surface area contributed by atoms with Crippen molar-refractivity contribution in [2.24, 2.45) is 5.92 Å². The summed E-state index contributed by atoms with van der Waals surface area (Å²) in [5, 5.41) is 0. The fourth-order valence-electron chi connectivity index (χ4n) is 2.08. The van der Waals surface area contributed by atoms with Crippen LogP contribution in [0.3, 0.4) is 0 Å². The molecule has 1 unspecified atom stereocenters. The summed E-state index contributed by atoms with van der Waals surface area (Å²) in [6, 6.07) is 3.51. The van der Waals surface area contributed by atoms with Crippen LogP contribution in [0.2, 0.25) is 0 Å². The molecule has 7 heteroatoms. The van der Waals surface area contributed by atoms with E-state index in [0.29, 0.717) is 6.54 Å². The first-order valence-electron chi connectivity index (χ1n) is 5.88. The minimum absolute atomic E-state index is 0.0332. The van der Waals surface area contributed by atoms with Gasteiger partial charge in [-0.3, -0.25) is 4.79 Å². The monoisotopic (exact) mass is 286 g/mol. The van der Waals surface area contributed by atoms with Crippen LogP contribution in [0, 0.1) is 5.92 Å². The highest BCUT2D eigenvalue weighted by atomic mass is 19.4. The van der Waals surface area contributed by atoms with Gasteiger partial charge in [-0.2, -0.15) is 0 Å². The summed E-state index contributed by atoms with van der Waals surface area (Å²) in [5.74, 6) is -0.642. The van der Waals surface area contributed by atoms with Crippen LogP contribution in [0.4, 0.5) is 24.5 Å². The first-order chi connectivity index (χ1) is 9.30. The summed E-state index contributed by atoms with van der Waals surface area (Å²) in [5.41, 5.74) is 6.17. The van der Waals surface area contributed by atoms with Crippen LogP contribution in [0.1, 0.15) is 6.42 Å². The summed E-state index contributed by atoms with van der Waals surface area (Å²) in [4.78, 5) is 13.2. The lowest BCUT2D eigenvalue weighted by molar-refractivity contribution is -0.274. The predicted octanol–water partition coefficient (Wildman–Crippen LogP) is 2.71. The number of hydrogen-bond acceptors (Lipinski definition) is 3. The van der Waals surface area contributed by atoms with Crippen molar-refractivity contribution in [2.45, 2.75) is 12.8 Å². The van der Waals surface area contributed by atoms with Gasteiger partial charge < -0.3 is 15.4 Å². The Morgan fingerprint density at radius 2 is 2.15 bits per heavy atom. The van der Waals surface area contributed by atoms with Crippen LogP contribution in [0.25, 0.3) is 0 Å². The van der Waals surface area contributed by atoms with Crippen LogP contribution in [0.15, 0.2) is 30.9 Å². The first kappa shape index (κ1) is 14.2. The number of amides is 1. The van der Waals surface area contributed by atoms with Gasteiger partial charge in [0.05, 0.1) is 11.4 Å². The molecule has 2 rings (SSSR count). The van der Waals surface area contributed by atoms with Crippen molar-refractivity contribution in [3.63, 3.8) is 0 Å². The predicted molar refractivity (Wildman–Crippen MR) is 68.2 cm³/mol. The van der Waals surface area contributed by atoms with Crippen molar-refractivity contribution >= 4 is 17.3 Å². The van der Waals surface area contributed by atoms with Crippen LogP contribution in [-0.2, 0) is 4.79 Å². The lowest BCUT2D eigenvalue weighted by atomic mass is 10.1. The zero-order valence-corrected chi connectivity index (χ0v) is 10.5. The van der Waals surface area contributed by atoms with Gasteiger partial charge in [0.15, 0.2) is 0 Å². The molecule has 0 aliphatic carbocycles. The highest BCUT2D eigenvalue weighted by molar-refractivity contribution is 5.98. The molecule has 108 valence electrons. The number of nitrogens with zero attached hydrogens (tertiary/aromatic N) is 1. The van der Waals surface area contributed by atoms with E-state index in [1.165, 1.54) is 11.0 Å². The Morgan fingerprint density at radius 1 is 1.45 bits per heavy atom. The highest BCUT2D eigenvalue weighted by Gasteiger charge is 2.33. The fourth-order valence-corrected chi connectivity index (χ4v) is 2.08. The van der Waals surface area contributed by atoms with E-state index in [4.69, 9.17) is 5.73 Å². The van der Waals surface area contributed by atoms with E-state index in [1.807, 2.05) is 0 Å². The number of hydrogen-bond donors (Lipinski definition) is 1. The maximum Gasteiger partial charge on any atom is 0.573 e. The minimum Gasteiger partial charge on any atom is -0.406 e. The summed E-state index contributed by atoms with van der Waals surface area (Å²) in [6.07, 6.45) is -2.87. The van der Waals surface area contributed by atoms with Gasteiger partial charge in [-0.15, -0.1) is 19.8 Å². The number of benzene rings is 1. The summed E-state index contributed by atoms with van der Waals surface area (Å²) < 4.78 is 40.4. The Bertz CT molecular complexity index is 543. The Kier molecular flexibility index (Phi) is 3.61. The van der Waals surface area contributed by atoms with E-state index in [0.717, 1.165) is 12.1 Å². The maximum absolute atomic E-state index is 12.2. The fraction of sp³-hybridized carbons (Fsp3) is 0.308. The smallest absolute Gasteiger partial charge is 0.406 e. The number of alkyl halides is 3. The van der Waals surface area contributed by atoms with Crippen LogP contribution in [0.5, 0.6) is 5.75 Å². The molecule has 1 fully saturated rings. The molecule has 1 amide bonds. The molecule has 1 saturated heterocycles. The highest BCUT2D eigenvalue weighted by Crippen LogP contribution is 2.34. The molecule has 1 atom stereocenters.